The SMILES string of the molecule is CC(CCN)Nc1ccc2c(c1)OCO2. The predicted molar refractivity (Wildman–Crippen MR) is 59.3 cm³/mol. The standard InChI is InChI=1S/C11H16N2O2/c1-8(4-5-12)13-9-2-3-10-11(6-9)15-7-14-10/h2-3,6,8,13H,4-5,7,12H2,1H3. The fourth-order valence-corrected chi connectivity index (χ4v) is 1.59. The lowest BCUT2D eigenvalue weighted by molar-refractivity contribution is 0.174. The normalized spacial score (nSPS) is 15.1. The summed E-state index contributed by atoms with van der Waals surface area (Å²) in [4.78, 5) is 0. The van der Waals surface area contributed by atoms with Crippen molar-refractivity contribution in [3.8, 4) is 11.5 Å². The number of rotatable bonds is 4. The van der Waals surface area contributed by atoms with Crippen LogP contribution in [-0.4, -0.2) is 19.4 Å². The van der Waals surface area contributed by atoms with Gasteiger partial charge < -0.3 is 20.5 Å². The Bertz CT molecular complexity index is 341. The second-order valence-corrected chi connectivity index (χ2v) is 3.69. The number of nitrogens with one attached hydrogen (secondary N) is 1. The largest absolute Gasteiger partial charge is 0.454 e. The third-order valence-electron chi connectivity index (χ3n) is 2.39. The highest BCUT2D eigenvalue weighted by atomic mass is 16.7. The van der Waals surface area contributed by atoms with E-state index in [4.69, 9.17) is 15.2 Å². The Morgan fingerprint density at radius 3 is 3.00 bits per heavy atom. The van der Waals surface area contributed by atoms with Gasteiger partial charge in [-0.05, 0) is 32.0 Å². The van der Waals surface area contributed by atoms with Crippen molar-refractivity contribution in [2.24, 2.45) is 5.73 Å². The van der Waals surface area contributed by atoms with Crippen LogP contribution < -0.4 is 20.5 Å². The first-order chi connectivity index (χ1) is 7.29. The molecule has 3 N–H and O–H groups in total. The average molecular weight is 208 g/mol. The summed E-state index contributed by atoms with van der Waals surface area (Å²) in [7, 11) is 0. The molecule has 4 nitrogen and oxygen atoms in total. The van der Waals surface area contributed by atoms with Gasteiger partial charge in [-0.3, -0.25) is 0 Å². The number of hydrogen-bond acceptors (Lipinski definition) is 4. The molecule has 1 aliphatic heterocycles. The maximum Gasteiger partial charge on any atom is 0.231 e. The molecule has 4 heteroatoms. The van der Waals surface area contributed by atoms with Gasteiger partial charge >= 0.3 is 0 Å². The summed E-state index contributed by atoms with van der Waals surface area (Å²) >= 11 is 0. The molecule has 1 aliphatic rings. The Balaban J connectivity index is 2.03. The number of hydrogen-bond donors (Lipinski definition) is 2. The Kier molecular flexibility index (Phi) is 2.97. The molecule has 1 unspecified atom stereocenters. The molecule has 0 saturated carbocycles. The number of fused-ring (bicyclic) bond motifs is 1. The first-order valence-corrected chi connectivity index (χ1v) is 5.16. The summed E-state index contributed by atoms with van der Waals surface area (Å²) in [5.41, 5.74) is 6.53. The molecule has 82 valence electrons. The van der Waals surface area contributed by atoms with Crippen molar-refractivity contribution in [3.63, 3.8) is 0 Å². The Labute approximate surface area is 89.4 Å². The molecule has 2 rings (SSSR count). The van der Waals surface area contributed by atoms with Crippen molar-refractivity contribution in [2.75, 3.05) is 18.7 Å². The van der Waals surface area contributed by atoms with Crippen molar-refractivity contribution in [3.05, 3.63) is 18.2 Å². The highest BCUT2D eigenvalue weighted by molar-refractivity contribution is 5.55. The minimum absolute atomic E-state index is 0.317. The van der Waals surface area contributed by atoms with Gasteiger partial charge in [0.2, 0.25) is 6.79 Å². The van der Waals surface area contributed by atoms with Crippen LogP contribution in [0.25, 0.3) is 0 Å². The predicted octanol–water partition coefficient (Wildman–Crippen LogP) is 1.56. The van der Waals surface area contributed by atoms with E-state index in [9.17, 15) is 0 Å². The van der Waals surface area contributed by atoms with E-state index in [1.54, 1.807) is 0 Å². The zero-order chi connectivity index (χ0) is 10.7. The minimum atomic E-state index is 0.317. The summed E-state index contributed by atoms with van der Waals surface area (Å²) in [6.07, 6.45) is 0.953. The van der Waals surface area contributed by atoms with Gasteiger partial charge in [0, 0.05) is 17.8 Å². The molecule has 1 atom stereocenters. The summed E-state index contributed by atoms with van der Waals surface area (Å²) < 4.78 is 10.5. The van der Waals surface area contributed by atoms with Crippen molar-refractivity contribution in [1.29, 1.82) is 0 Å². The van der Waals surface area contributed by atoms with Crippen LogP contribution in [0, 0.1) is 0 Å². The van der Waals surface area contributed by atoms with Gasteiger partial charge in [0.1, 0.15) is 0 Å². The molecule has 0 aromatic heterocycles. The van der Waals surface area contributed by atoms with Crippen LogP contribution in [0.3, 0.4) is 0 Å². The van der Waals surface area contributed by atoms with Crippen molar-refractivity contribution in [2.45, 2.75) is 19.4 Å². The van der Waals surface area contributed by atoms with Crippen LogP contribution in [0.1, 0.15) is 13.3 Å². The summed E-state index contributed by atoms with van der Waals surface area (Å²) in [5, 5.41) is 3.36. The van der Waals surface area contributed by atoms with E-state index < -0.39 is 0 Å². The maximum absolute atomic E-state index is 5.49. The molecule has 0 saturated heterocycles. The summed E-state index contributed by atoms with van der Waals surface area (Å²) in [6.45, 7) is 3.12. The fourth-order valence-electron chi connectivity index (χ4n) is 1.59. The molecule has 0 bridgehead atoms. The van der Waals surface area contributed by atoms with Crippen molar-refractivity contribution >= 4 is 5.69 Å². The second kappa shape index (κ2) is 4.40. The topological polar surface area (TPSA) is 56.5 Å². The molecule has 15 heavy (non-hydrogen) atoms. The molecule has 0 spiro atoms. The molecular weight excluding hydrogens is 192 g/mol. The molecule has 1 heterocycles. The minimum Gasteiger partial charge on any atom is -0.454 e. The van der Waals surface area contributed by atoms with E-state index in [0.29, 0.717) is 19.4 Å². The lowest BCUT2D eigenvalue weighted by Crippen LogP contribution is -2.19. The van der Waals surface area contributed by atoms with E-state index in [1.807, 2.05) is 18.2 Å². The van der Waals surface area contributed by atoms with Crippen molar-refractivity contribution < 1.29 is 9.47 Å². The molecule has 0 amide bonds. The summed E-state index contributed by atoms with van der Waals surface area (Å²) in [6, 6.07) is 6.23. The Morgan fingerprint density at radius 1 is 1.40 bits per heavy atom. The zero-order valence-corrected chi connectivity index (χ0v) is 8.82. The van der Waals surface area contributed by atoms with Crippen LogP contribution in [0.15, 0.2) is 18.2 Å². The maximum atomic E-state index is 5.49. The highest BCUT2D eigenvalue weighted by Gasteiger charge is 2.13. The van der Waals surface area contributed by atoms with E-state index in [0.717, 1.165) is 23.6 Å². The molecule has 1 aromatic rings. The molecule has 0 fully saturated rings. The Hall–Kier alpha value is -1.42. The zero-order valence-electron chi connectivity index (χ0n) is 8.82. The third kappa shape index (κ3) is 2.33. The van der Waals surface area contributed by atoms with E-state index in [-0.39, 0.29) is 0 Å². The van der Waals surface area contributed by atoms with Gasteiger partial charge in [-0.2, -0.15) is 0 Å². The van der Waals surface area contributed by atoms with E-state index in [1.165, 1.54) is 0 Å². The number of anilines is 1. The first kappa shape index (κ1) is 10.1. The van der Waals surface area contributed by atoms with Crippen LogP contribution in [-0.2, 0) is 0 Å². The third-order valence-corrected chi connectivity index (χ3v) is 2.39. The first-order valence-electron chi connectivity index (χ1n) is 5.16. The average Bonchev–Trinajstić information content (AvgIpc) is 2.65. The van der Waals surface area contributed by atoms with E-state index >= 15 is 0 Å². The van der Waals surface area contributed by atoms with Crippen molar-refractivity contribution in [1.82, 2.24) is 0 Å². The lowest BCUT2D eigenvalue weighted by atomic mass is 10.2. The van der Waals surface area contributed by atoms with Gasteiger partial charge in [0.15, 0.2) is 11.5 Å². The highest BCUT2D eigenvalue weighted by Crippen LogP contribution is 2.34. The molecule has 0 aliphatic carbocycles. The van der Waals surface area contributed by atoms with Gasteiger partial charge in [-0.1, -0.05) is 0 Å². The van der Waals surface area contributed by atoms with Gasteiger partial charge in [0.05, 0.1) is 0 Å². The monoisotopic (exact) mass is 208 g/mol. The number of nitrogens with two attached hydrogens (primary N) is 1. The quantitative estimate of drug-likeness (QED) is 0.788. The second-order valence-electron chi connectivity index (χ2n) is 3.69. The molecular formula is C11H16N2O2. The van der Waals surface area contributed by atoms with Crippen LogP contribution in [0.2, 0.25) is 0 Å². The fraction of sp³-hybridized carbons (Fsp3) is 0.455. The van der Waals surface area contributed by atoms with Crippen LogP contribution in [0.4, 0.5) is 5.69 Å². The van der Waals surface area contributed by atoms with Crippen LogP contribution >= 0.6 is 0 Å². The van der Waals surface area contributed by atoms with Gasteiger partial charge in [-0.25, -0.2) is 0 Å². The Morgan fingerprint density at radius 2 is 2.20 bits per heavy atom. The lowest BCUT2D eigenvalue weighted by Gasteiger charge is -2.14. The summed E-state index contributed by atoms with van der Waals surface area (Å²) in [5.74, 6) is 1.62. The van der Waals surface area contributed by atoms with Crippen LogP contribution in [0.5, 0.6) is 11.5 Å². The molecule has 1 aromatic carbocycles. The van der Waals surface area contributed by atoms with E-state index in [2.05, 4.69) is 12.2 Å². The number of benzene rings is 1. The van der Waals surface area contributed by atoms with Gasteiger partial charge in [-0.15, -0.1) is 0 Å². The number of ether oxygens (including phenoxy) is 2. The molecule has 0 radical (unpaired) electrons. The van der Waals surface area contributed by atoms with Gasteiger partial charge in [0.25, 0.3) is 0 Å². The smallest absolute Gasteiger partial charge is 0.231 e.